The second-order valence-electron chi connectivity index (χ2n) is 21.8. The number of aromatic hydroxyl groups is 2. The summed E-state index contributed by atoms with van der Waals surface area (Å²) in [6.07, 6.45) is 19.7. The summed E-state index contributed by atoms with van der Waals surface area (Å²) in [6, 6.07) is 19.2. The van der Waals surface area contributed by atoms with Gasteiger partial charge >= 0.3 is 0 Å². The zero-order valence-corrected chi connectivity index (χ0v) is 41.9. The molecule has 11 rings (SSSR count). The van der Waals surface area contributed by atoms with Crippen LogP contribution in [0.1, 0.15) is 139 Å². The van der Waals surface area contributed by atoms with Gasteiger partial charge in [0.1, 0.15) is 11.5 Å². The molecule has 0 saturated heterocycles. The Morgan fingerprint density at radius 1 is 0.877 bits per heavy atom. The fraction of sp³-hybridized carbons (Fsp3) is 0.452. The number of phenolic OH excluding ortho intramolecular Hbond substituents is 2. The molecule has 3 aromatic carbocycles. The van der Waals surface area contributed by atoms with Gasteiger partial charge in [-0.1, -0.05) is 109 Å². The zero-order valence-electron chi connectivity index (χ0n) is 41.9. The van der Waals surface area contributed by atoms with Gasteiger partial charge in [-0.15, -0.1) is 5.69 Å². The van der Waals surface area contributed by atoms with E-state index in [1.165, 1.54) is 0 Å². The Morgan fingerprint density at radius 3 is 2.53 bits per heavy atom. The Kier molecular flexibility index (Phi) is 14.0. The number of aromatic amines is 1. The first-order valence-corrected chi connectivity index (χ1v) is 26.9. The summed E-state index contributed by atoms with van der Waals surface area (Å²) in [6.45, 7) is 0.0607. The van der Waals surface area contributed by atoms with Crippen LogP contribution in [0.3, 0.4) is 0 Å². The summed E-state index contributed by atoms with van der Waals surface area (Å²) in [5.74, 6) is 5.08. The van der Waals surface area contributed by atoms with Crippen LogP contribution < -0.4 is 15.0 Å². The van der Waals surface area contributed by atoms with Crippen molar-refractivity contribution in [1.29, 1.82) is 0 Å². The first-order chi connectivity index (χ1) is 35.6. The van der Waals surface area contributed by atoms with E-state index in [0.29, 0.717) is 54.9 Å². The van der Waals surface area contributed by atoms with Crippen molar-refractivity contribution in [3.63, 3.8) is 0 Å². The number of benzene rings is 3. The Balaban J connectivity index is 1.10. The SMILES string of the molecule is CNC[C@H]1C#C[C@@H]2[N-]c3[nH]ccc3Cc3cc(ccc3C3(CCCC3)[C@@H]1O)Cc1cc(cc(OC3CCCC3)c1O)CCC(=O)[C@@H](CCO)C(=O)[C@@H]1C2=Cc2[n-]ccc2[C@H]1C[C@@H]1C=Cc2c(O)cccc2CC1. The van der Waals surface area contributed by atoms with Gasteiger partial charge in [-0.05, 0) is 147 Å². The van der Waals surface area contributed by atoms with Gasteiger partial charge in [-0.25, -0.2) is 0 Å². The number of fused-ring (bicyclic) bond motifs is 9. The summed E-state index contributed by atoms with van der Waals surface area (Å²) in [4.78, 5) is 39.4. The molecule has 0 radical (unpaired) electrons. The number of hydrogen-bond acceptors (Lipinski definition) is 8. The van der Waals surface area contributed by atoms with E-state index in [1.807, 2.05) is 49.7 Å². The molecule has 4 heterocycles. The van der Waals surface area contributed by atoms with Crippen molar-refractivity contribution in [3.05, 3.63) is 146 Å². The topological polar surface area (TPSA) is 180 Å². The summed E-state index contributed by atoms with van der Waals surface area (Å²) in [5.41, 5.74) is 9.23. The molecule has 2 aromatic heterocycles. The standard InChI is InChI=1S/C62H68N4O7/c1-63-36-42-16-19-52-50-35-53-47(22-27-64-53)49(32-37-11-15-40-7-6-10-54(68)46(40)17-12-37)57(50)59(71)48(23-28-67)55(69)20-14-39-31-44(58(70)56(33-39)73-45-8-2-3-9-45)30-38-13-18-51(62(60(42)72)24-4-5-25-62)43(29-38)34-41-21-26-65-61(41)66-52/h6-7,10,12-13,17-18,21-22,26-27,29,31,33,35,37,42,45,48-49,52,57,60,63,65,67-68,70,72H,2-5,8-9,11,14-15,20,23-25,28,30,32,34,36H2,1H3/q-2/t37-,42+,48+,49+,52-,57-,60+/m0/s1. The van der Waals surface area contributed by atoms with Crippen molar-refractivity contribution in [2.45, 2.75) is 132 Å². The highest BCUT2D eigenvalue weighted by Gasteiger charge is 2.47. The fourth-order valence-electron chi connectivity index (χ4n) is 13.6. The molecular formula is C62H68N4O7-2. The number of aliphatic hydroxyl groups is 2. The molecule has 11 nitrogen and oxygen atoms in total. The lowest BCUT2D eigenvalue weighted by Gasteiger charge is -2.41. The number of aromatic nitrogens is 2. The summed E-state index contributed by atoms with van der Waals surface area (Å²) >= 11 is 0. The van der Waals surface area contributed by atoms with Crippen LogP contribution in [-0.4, -0.2) is 75.4 Å². The van der Waals surface area contributed by atoms with Gasteiger partial charge in [0.05, 0.1) is 24.0 Å². The third-order valence-corrected chi connectivity index (χ3v) is 17.3. The number of nitrogens with one attached hydrogen (secondary N) is 2. The van der Waals surface area contributed by atoms with Gasteiger partial charge < -0.3 is 45.8 Å². The van der Waals surface area contributed by atoms with Crippen molar-refractivity contribution in [2.24, 2.45) is 23.7 Å². The molecule has 4 aliphatic carbocycles. The largest absolute Gasteiger partial charge is 0.664 e. The first kappa shape index (κ1) is 48.9. The number of nitrogens with zero attached hydrogens (tertiary/aromatic N) is 2. The predicted molar refractivity (Wildman–Crippen MR) is 283 cm³/mol. The minimum atomic E-state index is -1.13. The quantitative estimate of drug-likeness (QED) is 0.0652. The first-order valence-electron chi connectivity index (χ1n) is 26.9. The van der Waals surface area contributed by atoms with Crippen molar-refractivity contribution >= 4 is 29.5 Å². The van der Waals surface area contributed by atoms with Crippen LogP contribution in [0, 0.1) is 35.5 Å². The maximum atomic E-state index is 16.1. The lowest BCUT2D eigenvalue weighted by molar-refractivity contribution is -0.135. The number of aryl methyl sites for hydroxylation is 2. The molecule has 380 valence electrons. The molecule has 2 aliphatic heterocycles. The monoisotopic (exact) mass is 981 g/mol. The van der Waals surface area contributed by atoms with Crippen LogP contribution in [0.4, 0.5) is 5.82 Å². The summed E-state index contributed by atoms with van der Waals surface area (Å²) in [5, 5.41) is 55.5. The average molecular weight is 981 g/mol. The van der Waals surface area contributed by atoms with Crippen molar-refractivity contribution in [3.8, 4) is 29.1 Å². The number of ketones is 2. The highest BCUT2D eigenvalue weighted by Crippen LogP contribution is 2.51. The molecular weight excluding hydrogens is 913 g/mol. The second-order valence-corrected chi connectivity index (χ2v) is 21.8. The van der Waals surface area contributed by atoms with E-state index in [2.05, 4.69) is 58.5 Å². The molecule has 7 atom stereocenters. The van der Waals surface area contributed by atoms with E-state index in [1.54, 1.807) is 12.3 Å². The highest BCUT2D eigenvalue weighted by molar-refractivity contribution is 6.05. The van der Waals surface area contributed by atoms with Crippen molar-refractivity contribution in [2.75, 3.05) is 20.2 Å². The van der Waals surface area contributed by atoms with E-state index in [4.69, 9.17) is 15.0 Å². The zero-order chi connectivity index (χ0) is 50.2. The number of H-pyrrole nitrogens is 1. The predicted octanol–water partition coefficient (Wildman–Crippen LogP) is 9.83. The number of Topliss-reactive ketones (excluding diaryl/α,β-unsaturated/α-hetero) is 2. The van der Waals surface area contributed by atoms with Crippen LogP contribution in [-0.2, 0) is 40.7 Å². The summed E-state index contributed by atoms with van der Waals surface area (Å²) in [7, 11) is 1.88. The Labute approximate surface area is 429 Å². The van der Waals surface area contributed by atoms with Gasteiger partial charge in [-0.2, -0.15) is 6.20 Å². The van der Waals surface area contributed by atoms with Gasteiger partial charge in [-0.3, -0.25) is 9.59 Å². The summed E-state index contributed by atoms with van der Waals surface area (Å²) < 4.78 is 6.56. The molecule has 73 heavy (non-hydrogen) atoms. The van der Waals surface area contributed by atoms with E-state index in [0.717, 1.165) is 114 Å². The molecule has 2 saturated carbocycles. The lowest BCUT2D eigenvalue weighted by Crippen LogP contribution is -2.45. The lowest BCUT2D eigenvalue weighted by atomic mass is 9.66. The van der Waals surface area contributed by atoms with Gasteiger partial charge in [0.25, 0.3) is 0 Å². The molecule has 0 unspecified atom stereocenters. The number of ether oxygens (including phenoxy) is 1. The molecule has 5 bridgehead atoms. The number of carbonyl (C=O) groups excluding carboxylic acids is 2. The minimum absolute atomic E-state index is 0.00271. The highest BCUT2D eigenvalue weighted by atomic mass is 16.5. The Hall–Kier alpha value is -6.32. The molecule has 11 heteroatoms. The second kappa shape index (κ2) is 20.9. The van der Waals surface area contributed by atoms with Crippen LogP contribution in [0.15, 0.2) is 84.7 Å². The van der Waals surface area contributed by atoms with Crippen LogP contribution in [0.25, 0.3) is 17.5 Å². The Bertz CT molecular complexity index is 2990. The van der Waals surface area contributed by atoms with Gasteiger partial charge in [0, 0.05) is 54.5 Å². The third kappa shape index (κ3) is 9.59. The molecule has 2 fully saturated rings. The maximum absolute atomic E-state index is 16.1. The third-order valence-electron chi connectivity index (χ3n) is 17.3. The molecule has 5 aromatic rings. The number of hydrogen-bond donors (Lipinski definition) is 6. The smallest absolute Gasteiger partial charge is 0.161 e. The van der Waals surface area contributed by atoms with Gasteiger partial charge in [0.2, 0.25) is 0 Å². The molecule has 1 spiro atoms. The molecule has 0 amide bonds. The number of aliphatic hydroxyl groups excluding tert-OH is 2. The molecule has 6 N–H and O–H groups in total. The number of carbonyl (C=O) groups is 2. The Morgan fingerprint density at radius 2 is 1.71 bits per heavy atom. The number of phenols is 2. The normalized spacial score (nSPS) is 25.7. The van der Waals surface area contributed by atoms with E-state index < -0.39 is 41.2 Å². The van der Waals surface area contributed by atoms with Crippen LogP contribution in [0.5, 0.6) is 17.2 Å². The fourth-order valence-corrected chi connectivity index (χ4v) is 13.6. The number of rotatable bonds is 8. The van der Waals surface area contributed by atoms with Crippen LogP contribution in [0.2, 0.25) is 0 Å². The van der Waals surface area contributed by atoms with Crippen molar-refractivity contribution < 1.29 is 34.8 Å². The number of allylic oxidation sites excluding steroid dienone is 1. The minimum Gasteiger partial charge on any atom is -0.664 e. The van der Waals surface area contributed by atoms with E-state index in [-0.39, 0.29) is 54.5 Å². The van der Waals surface area contributed by atoms with Crippen molar-refractivity contribution in [1.82, 2.24) is 15.3 Å². The van der Waals surface area contributed by atoms with Gasteiger partial charge in [0.15, 0.2) is 17.3 Å². The van der Waals surface area contributed by atoms with E-state index >= 15 is 4.79 Å². The van der Waals surface area contributed by atoms with E-state index in [9.17, 15) is 25.2 Å². The van der Waals surface area contributed by atoms with Crippen LogP contribution >= 0.6 is 0 Å². The maximum Gasteiger partial charge on any atom is 0.161 e. The molecule has 6 aliphatic rings. The average Bonchev–Trinajstić information content (AvgIpc) is 4.24.